The van der Waals surface area contributed by atoms with Gasteiger partial charge in [0.25, 0.3) is 0 Å². The molecule has 3 fully saturated rings. The number of amides is 1. The lowest BCUT2D eigenvalue weighted by molar-refractivity contribution is 0.0453. The second-order valence-electron chi connectivity index (χ2n) is 11.0. The molecule has 4 rings (SSSR count). The first-order valence-electron chi connectivity index (χ1n) is 12.7. The van der Waals surface area contributed by atoms with Crippen molar-refractivity contribution < 1.29 is 31.5 Å². The highest BCUT2D eigenvalue weighted by molar-refractivity contribution is 7.89. The maximum Gasteiger partial charge on any atom is 0.410 e. The number of sulfonamides is 1. The Morgan fingerprint density at radius 1 is 1.17 bits per heavy atom. The quantitative estimate of drug-likeness (QED) is 0.484. The van der Waals surface area contributed by atoms with Gasteiger partial charge in [0.05, 0.1) is 18.4 Å². The predicted molar refractivity (Wildman–Crippen MR) is 133 cm³/mol. The van der Waals surface area contributed by atoms with Crippen molar-refractivity contribution in [2.24, 2.45) is 11.8 Å². The Bertz CT molecular complexity index is 1040. The number of ether oxygens (including phenoxy) is 2. The second kappa shape index (κ2) is 10.3. The maximum atomic E-state index is 14.7. The van der Waals surface area contributed by atoms with Crippen molar-refractivity contribution in [3.05, 3.63) is 23.8 Å². The summed E-state index contributed by atoms with van der Waals surface area (Å²) in [4.78, 5) is 15.7. The third kappa shape index (κ3) is 6.22. The highest BCUT2D eigenvalue weighted by atomic mass is 32.2. The van der Waals surface area contributed by atoms with Crippen LogP contribution < -0.4 is 9.64 Å². The zero-order chi connectivity index (χ0) is 26.3. The smallest absolute Gasteiger partial charge is 0.410 e. The van der Waals surface area contributed by atoms with E-state index in [-0.39, 0.29) is 41.9 Å². The summed E-state index contributed by atoms with van der Waals surface area (Å²) >= 11 is 0. The Balaban J connectivity index is 1.26. The number of rotatable bonds is 9. The van der Waals surface area contributed by atoms with E-state index in [1.807, 2.05) is 20.8 Å². The van der Waals surface area contributed by atoms with Gasteiger partial charge in [-0.05, 0) is 44.4 Å². The van der Waals surface area contributed by atoms with Crippen molar-refractivity contribution in [1.29, 1.82) is 0 Å². The summed E-state index contributed by atoms with van der Waals surface area (Å²) in [6, 6.07) is 2.23. The Morgan fingerprint density at radius 3 is 2.28 bits per heavy atom. The third-order valence-electron chi connectivity index (χ3n) is 7.33. The van der Waals surface area contributed by atoms with Gasteiger partial charge in [-0.2, -0.15) is 4.31 Å². The minimum atomic E-state index is -3.37. The van der Waals surface area contributed by atoms with Crippen molar-refractivity contribution in [1.82, 2.24) is 9.21 Å². The molecule has 202 valence electrons. The van der Waals surface area contributed by atoms with Crippen LogP contribution in [0.15, 0.2) is 12.1 Å². The summed E-state index contributed by atoms with van der Waals surface area (Å²) in [6.07, 6.45) is 2.85. The molecule has 0 N–H and O–H groups in total. The van der Waals surface area contributed by atoms with Gasteiger partial charge >= 0.3 is 6.09 Å². The standard InChI is InChI=1S/C25H37F2N3O5S/c1-17(2)16-36(32,33)28(4)20-13-30(14-20)19-11-21(26)23(22(27)12-19)34-15-18-5-9-29(10-6-18)24(31)35-25(3)7-8-25/h11-12,17-18,20H,5-10,13-16H2,1-4H3. The van der Waals surface area contributed by atoms with Crippen LogP contribution in [-0.2, 0) is 14.8 Å². The third-order valence-corrected chi connectivity index (χ3v) is 9.59. The minimum absolute atomic E-state index is 0.0179. The van der Waals surface area contributed by atoms with E-state index in [4.69, 9.17) is 9.47 Å². The molecule has 1 saturated carbocycles. The molecule has 1 aromatic carbocycles. The number of anilines is 1. The van der Waals surface area contributed by atoms with Crippen LogP contribution in [0, 0.1) is 23.5 Å². The molecule has 1 aliphatic carbocycles. The molecule has 0 spiro atoms. The first-order valence-corrected chi connectivity index (χ1v) is 14.3. The van der Waals surface area contributed by atoms with E-state index in [1.165, 1.54) is 16.4 Å². The molecular weight excluding hydrogens is 492 g/mol. The number of likely N-dealkylation sites (tertiary alicyclic amines) is 1. The summed E-state index contributed by atoms with van der Waals surface area (Å²) in [6.45, 7) is 7.59. The lowest BCUT2D eigenvalue weighted by Gasteiger charge is -2.44. The Morgan fingerprint density at radius 2 is 1.75 bits per heavy atom. The van der Waals surface area contributed by atoms with Gasteiger partial charge in [-0.25, -0.2) is 22.0 Å². The van der Waals surface area contributed by atoms with E-state index in [1.54, 1.807) is 16.8 Å². The Labute approximate surface area is 212 Å². The van der Waals surface area contributed by atoms with Crippen LogP contribution in [0.5, 0.6) is 5.75 Å². The van der Waals surface area contributed by atoms with E-state index in [0.717, 1.165) is 12.8 Å². The van der Waals surface area contributed by atoms with E-state index in [2.05, 4.69) is 0 Å². The molecule has 0 aromatic heterocycles. The fourth-order valence-corrected chi connectivity index (χ4v) is 6.23. The number of likely N-dealkylation sites (N-methyl/N-ethyl adjacent to an activating group) is 1. The number of nitrogens with zero attached hydrogens (tertiary/aromatic N) is 3. The average molecular weight is 530 g/mol. The fourth-order valence-electron chi connectivity index (χ4n) is 4.57. The molecule has 2 aliphatic heterocycles. The van der Waals surface area contributed by atoms with E-state index < -0.39 is 27.4 Å². The van der Waals surface area contributed by atoms with Gasteiger partial charge in [0.15, 0.2) is 17.4 Å². The molecule has 0 unspecified atom stereocenters. The average Bonchev–Trinajstić information content (AvgIpc) is 3.48. The Hall–Kier alpha value is -2.14. The van der Waals surface area contributed by atoms with Gasteiger partial charge in [0.2, 0.25) is 10.0 Å². The van der Waals surface area contributed by atoms with E-state index in [9.17, 15) is 22.0 Å². The van der Waals surface area contributed by atoms with E-state index in [0.29, 0.717) is 44.7 Å². The molecule has 3 aliphatic rings. The monoisotopic (exact) mass is 529 g/mol. The van der Waals surface area contributed by atoms with Crippen LogP contribution in [0.2, 0.25) is 0 Å². The van der Waals surface area contributed by atoms with Gasteiger partial charge in [0, 0.05) is 51.0 Å². The molecular formula is C25H37F2N3O5S. The van der Waals surface area contributed by atoms with Crippen molar-refractivity contribution in [2.75, 3.05) is 50.5 Å². The predicted octanol–water partition coefficient (Wildman–Crippen LogP) is 3.85. The summed E-state index contributed by atoms with van der Waals surface area (Å²) in [5.41, 5.74) is 0.0517. The van der Waals surface area contributed by atoms with Crippen molar-refractivity contribution in [3.8, 4) is 5.75 Å². The molecule has 1 amide bonds. The molecule has 1 aromatic rings. The number of hydrogen-bond acceptors (Lipinski definition) is 6. The number of hydrogen-bond donors (Lipinski definition) is 0. The first kappa shape index (κ1) is 26.9. The number of benzene rings is 1. The first-order chi connectivity index (χ1) is 16.9. The van der Waals surface area contributed by atoms with Crippen LogP contribution in [0.25, 0.3) is 0 Å². The summed E-state index contributed by atoms with van der Waals surface area (Å²) < 4.78 is 66.7. The second-order valence-corrected chi connectivity index (χ2v) is 13.1. The van der Waals surface area contributed by atoms with Gasteiger partial charge in [-0.3, -0.25) is 0 Å². The topological polar surface area (TPSA) is 79.4 Å². The zero-order valence-electron chi connectivity index (χ0n) is 21.5. The van der Waals surface area contributed by atoms with Crippen LogP contribution >= 0.6 is 0 Å². The highest BCUT2D eigenvalue weighted by Gasteiger charge is 2.43. The molecule has 36 heavy (non-hydrogen) atoms. The molecule has 11 heteroatoms. The molecule has 0 radical (unpaired) electrons. The summed E-state index contributed by atoms with van der Waals surface area (Å²) in [5.74, 6) is -1.80. The van der Waals surface area contributed by atoms with Crippen LogP contribution in [0.4, 0.5) is 19.3 Å². The molecule has 2 heterocycles. The normalized spacial score (nSPS) is 20.6. The lowest BCUT2D eigenvalue weighted by atomic mass is 9.98. The van der Waals surface area contributed by atoms with Crippen molar-refractivity contribution in [2.45, 2.75) is 58.1 Å². The number of carbonyl (C=O) groups excluding carboxylic acids is 1. The fraction of sp³-hybridized carbons (Fsp3) is 0.720. The molecule has 2 saturated heterocycles. The minimum Gasteiger partial charge on any atom is -0.487 e. The summed E-state index contributed by atoms with van der Waals surface area (Å²) in [7, 11) is -1.82. The van der Waals surface area contributed by atoms with Gasteiger partial charge in [0.1, 0.15) is 5.60 Å². The molecule has 0 bridgehead atoms. The number of piperidine rings is 1. The van der Waals surface area contributed by atoms with Crippen molar-refractivity contribution >= 4 is 21.8 Å². The molecule has 0 atom stereocenters. The van der Waals surface area contributed by atoms with Gasteiger partial charge in [-0.1, -0.05) is 13.8 Å². The molecule has 8 nitrogen and oxygen atoms in total. The highest BCUT2D eigenvalue weighted by Crippen LogP contribution is 2.39. The van der Waals surface area contributed by atoms with E-state index >= 15 is 0 Å². The van der Waals surface area contributed by atoms with Gasteiger partial charge in [-0.15, -0.1) is 0 Å². The summed E-state index contributed by atoms with van der Waals surface area (Å²) in [5, 5.41) is 0. The van der Waals surface area contributed by atoms with Crippen LogP contribution in [0.1, 0.15) is 46.5 Å². The number of carbonyl (C=O) groups is 1. The van der Waals surface area contributed by atoms with Crippen LogP contribution in [0.3, 0.4) is 0 Å². The van der Waals surface area contributed by atoms with Crippen molar-refractivity contribution in [3.63, 3.8) is 0 Å². The van der Waals surface area contributed by atoms with Gasteiger partial charge < -0.3 is 19.3 Å². The SMILES string of the molecule is CC(C)CS(=O)(=O)N(C)C1CN(c2cc(F)c(OCC3CCN(C(=O)OC4(C)CC4)CC3)c(F)c2)C1. The zero-order valence-corrected chi connectivity index (χ0v) is 22.3. The number of halogens is 2. The Kier molecular flexibility index (Phi) is 7.71. The maximum absolute atomic E-state index is 14.7. The lowest BCUT2D eigenvalue weighted by Crippen LogP contribution is -2.60. The largest absolute Gasteiger partial charge is 0.487 e. The van der Waals surface area contributed by atoms with Crippen LogP contribution in [-0.4, -0.2) is 80.9 Å².